The molecule has 0 saturated carbocycles. The largest absolute Gasteiger partial charge is 0.482 e. The molecule has 14 heteroatoms. The number of hydrogen-bond donors (Lipinski definition) is 2. The second-order valence-electron chi connectivity index (χ2n) is 12.7. The lowest BCUT2D eigenvalue weighted by Crippen LogP contribution is -2.58. The Morgan fingerprint density at radius 1 is 1.04 bits per heavy atom. The number of piperazine rings is 1. The monoisotopic (exact) mass is 663 g/mol. The number of carbonyl (C=O) groups excluding carboxylic acids is 2. The molecule has 256 valence electrons. The summed E-state index contributed by atoms with van der Waals surface area (Å²) in [7, 11) is 3.00. The summed E-state index contributed by atoms with van der Waals surface area (Å²) in [6.07, 6.45) is 2.93. The Kier molecular flexibility index (Phi) is 9.66. The fourth-order valence-electron chi connectivity index (χ4n) is 5.66. The average Bonchev–Trinajstić information content (AvgIpc) is 3.06. The first-order chi connectivity index (χ1) is 22.7. The van der Waals surface area contributed by atoms with Gasteiger partial charge in [0, 0.05) is 25.9 Å². The van der Waals surface area contributed by atoms with Crippen LogP contribution in [0, 0.1) is 5.82 Å². The van der Waals surface area contributed by atoms with Crippen LogP contribution in [0.1, 0.15) is 46.5 Å². The average molecular weight is 664 g/mol. The second-order valence-corrected chi connectivity index (χ2v) is 12.7. The third kappa shape index (κ3) is 7.08. The van der Waals surface area contributed by atoms with Crippen LogP contribution in [0.3, 0.4) is 0 Å². The quantitative estimate of drug-likeness (QED) is 0.371. The third-order valence-electron chi connectivity index (χ3n) is 8.18. The number of hydrogen-bond acceptors (Lipinski definition) is 9. The predicted molar refractivity (Wildman–Crippen MR) is 179 cm³/mol. The van der Waals surface area contributed by atoms with Gasteiger partial charge in [0.25, 0.3) is 5.56 Å². The van der Waals surface area contributed by atoms with Gasteiger partial charge in [-0.3, -0.25) is 9.69 Å². The third-order valence-corrected chi connectivity index (χ3v) is 8.18. The minimum absolute atomic E-state index is 0.277. The molecule has 2 unspecified atom stereocenters. The van der Waals surface area contributed by atoms with Crippen molar-refractivity contribution in [3.8, 4) is 0 Å². The Balaban J connectivity index is 1.60. The van der Waals surface area contributed by atoms with Crippen molar-refractivity contribution in [2.75, 3.05) is 50.7 Å². The zero-order chi connectivity index (χ0) is 34.8. The van der Waals surface area contributed by atoms with Crippen LogP contribution in [-0.2, 0) is 14.2 Å². The van der Waals surface area contributed by atoms with E-state index in [1.54, 1.807) is 55.2 Å². The maximum Gasteiger partial charge on any atom is 0.410 e. The van der Waals surface area contributed by atoms with Crippen LogP contribution in [0.25, 0.3) is 10.9 Å². The number of rotatable bonds is 7. The molecule has 0 spiro atoms. The number of nitrogens with one attached hydrogen (secondary N) is 2. The number of allylic oxidation sites excluding steroid dienone is 2. The normalized spacial score (nSPS) is 18.8. The summed E-state index contributed by atoms with van der Waals surface area (Å²) in [6, 6.07) is 11.0. The van der Waals surface area contributed by atoms with Crippen LogP contribution in [0.15, 0.2) is 77.1 Å². The zero-order valence-electron chi connectivity index (χ0n) is 28.2. The zero-order valence-corrected chi connectivity index (χ0v) is 28.2. The van der Waals surface area contributed by atoms with Crippen LogP contribution in [0.4, 0.5) is 19.7 Å². The summed E-state index contributed by atoms with van der Waals surface area (Å²) in [5.74, 6) is 0.246. The minimum Gasteiger partial charge on any atom is -0.482 e. The van der Waals surface area contributed by atoms with Crippen molar-refractivity contribution in [2.45, 2.75) is 52.0 Å². The van der Waals surface area contributed by atoms with Crippen molar-refractivity contribution in [1.29, 1.82) is 0 Å². The lowest BCUT2D eigenvalue weighted by atomic mass is 10.0. The van der Waals surface area contributed by atoms with E-state index in [-0.39, 0.29) is 11.4 Å². The molecule has 0 aliphatic carbocycles. The minimum atomic E-state index is -1.25. The number of aromatic nitrogens is 2. The van der Waals surface area contributed by atoms with Gasteiger partial charge >= 0.3 is 12.1 Å². The molecule has 13 nitrogen and oxygen atoms in total. The van der Waals surface area contributed by atoms with E-state index < -0.39 is 35.3 Å². The topological polar surface area (TPSA) is 130 Å². The molecule has 2 aromatic carbocycles. The van der Waals surface area contributed by atoms with Crippen molar-refractivity contribution >= 4 is 28.7 Å². The molecule has 0 radical (unpaired) electrons. The second kappa shape index (κ2) is 13.6. The maximum atomic E-state index is 14.3. The lowest BCUT2D eigenvalue weighted by molar-refractivity contribution is -0.0196. The first kappa shape index (κ1) is 34.2. The van der Waals surface area contributed by atoms with Gasteiger partial charge in [-0.05, 0) is 83.2 Å². The van der Waals surface area contributed by atoms with Crippen molar-refractivity contribution in [3.05, 3.63) is 94.3 Å². The number of fused-ring (bicyclic) bond motifs is 1. The molecule has 5 rings (SSSR count). The first-order valence-corrected chi connectivity index (χ1v) is 15.6. The lowest BCUT2D eigenvalue weighted by Gasteiger charge is -2.43. The van der Waals surface area contributed by atoms with Gasteiger partial charge in [-0.1, -0.05) is 12.1 Å². The molecule has 2 atom stereocenters. The number of dihydropyridines is 1. The van der Waals surface area contributed by atoms with E-state index in [0.29, 0.717) is 54.3 Å². The van der Waals surface area contributed by atoms with Crippen LogP contribution in [0.5, 0.6) is 0 Å². The Morgan fingerprint density at radius 2 is 1.71 bits per heavy atom. The van der Waals surface area contributed by atoms with Gasteiger partial charge < -0.3 is 34.8 Å². The van der Waals surface area contributed by atoms with Gasteiger partial charge in [0.15, 0.2) is 17.4 Å². The van der Waals surface area contributed by atoms with E-state index in [1.807, 2.05) is 25.8 Å². The number of ether oxygens (including phenoxy) is 3. The van der Waals surface area contributed by atoms with Gasteiger partial charge in [0.2, 0.25) is 0 Å². The van der Waals surface area contributed by atoms with E-state index in [4.69, 9.17) is 19.2 Å². The SMILES string of the molecule is COC1=CC=C(N(C(=O)Nc2ccc(F)cc2)C(C)c2nc3ccccc3c(=O)n2N2CCN(C(=O)OC(C)(C)C)CC2)C(C)(OC)N1. The van der Waals surface area contributed by atoms with Crippen molar-refractivity contribution < 1.29 is 28.2 Å². The number of amides is 3. The smallest absolute Gasteiger partial charge is 0.410 e. The van der Waals surface area contributed by atoms with Crippen molar-refractivity contribution in [3.63, 3.8) is 0 Å². The Morgan fingerprint density at radius 3 is 2.33 bits per heavy atom. The molecule has 2 N–H and O–H groups in total. The van der Waals surface area contributed by atoms with Crippen LogP contribution >= 0.6 is 0 Å². The Hall–Kier alpha value is -5.11. The van der Waals surface area contributed by atoms with E-state index in [9.17, 15) is 18.8 Å². The Labute approximate surface area is 278 Å². The van der Waals surface area contributed by atoms with E-state index in [0.717, 1.165) is 0 Å². The van der Waals surface area contributed by atoms with E-state index in [1.165, 1.54) is 48.1 Å². The Bertz CT molecular complexity index is 1790. The van der Waals surface area contributed by atoms with Gasteiger partial charge in [-0.2, -0.15) is 0 Å². The molecule has 0 bridgehead atoms. The van der Waals surface area contributed by atoms with Crippen LogP contribution in [0.2, 0.25) is 0 Å². The molecule has 3 aromatic rings. The highest BCUT2D eigenvalue weighted by molar-refractivity contribution is 5.91. The molecule has 2 aliphatic heterocycles. The highest BCUT2D eigenvalue weighted by Gasteiger charge is 2.42. The summed E-state index contributed by atoms with van der Waals surface area (Å²) < 4.78 is 32.1. The standard InChI is InChI=1S/C34H42FN7O6/c1-22(41(31(44)36-24-14-12-23(35)13-15-24)27-16-17-28(46-6)38-34(27,5)47-7)29-37-26-11-9-8-10-25(26)30(43)42(29)40-20-18-39(19-21-40)32(45)48-33(2,3)4/h8-17,22,38H,18-21H2,1-7H3,(H,36,44). The number of nitrogens with zero attached hydrogens (tertiary/aromatic N) is 5. The fourth-order valence-corrected chi connectivity index (χ4v) is 5.66. The number of halogens is 1. The van der Waals surface area contributed by atoms with Gasteiger partial charge in [0.1, 0.15) is 11.4 Å². The van der Waals surface area contributed by atoms with E-state index >= 15 is 0 Å². The molecular weight excluding hydrogens is 621 g/mol. The summed E-state index contributed by atoms with van der Waals surface area (Å²) in [5, 5.41) is 8.25. The molecular formula is C34H42FN7O6. The maximum absolute atomic E-state index is 14.3. The van der Waals surface area contributed by atoms with Gasteiger partial charge in [-0.15, -0.1) is 0 Å². The summed E-state index contributed by atoms with van der Waals surface area (Å²) in [6.45, 7) is 10.2. The number of anilines is 1. The van der Waals surface area contributed by atoms with Crippen LogP contribution < -0.4 is 21.2 Å². The highest BCUT2D eigenvalue weighted by Crippen LogP contribution is 2.34. The number of carbonyl (C=O) groups is 2. The van der Waals surface area contributed by atoms with Crippen molar-refractivity contribution in [1.82, 2.24) is 24.8 Å². The molecule has 3 amide bonds. The summed E-state index contributed by atoms with van der Waals surface area (Å²) in [5.41, 5.74) is -1.02. The van der Waals surface area contributed by atoms with E-state index in [2.05, 4.69) is 10.6 Å². The van der Waals surface area contributed by atoms with Gasteiger partial charge in [0.05, 0.1) is 42.8 Å². The van der Waals surface area contributed by atoms with Crippen molar-refractivity contribution in [2.24, 2.45) is 0 Å². The molecule has 2 aliphatic rings. The summed E-state index contributed by atoms with van der Waals surface area (Å²) in [4.78, 5) is 49.4. The molecule has 1 saturated heterocycles. The number of urea groups is 1. The number of para-hydroxylation sites is 1. The molecule has 3 heterocycles. The number of methoxy groups -OCH3 is 2. The first-order valence-electron chi connectivity index (χ1n) is 15.6. The number of benzene rings is 2. The summed E-state index contributed by atoms with van der Waals surface area (Å²) >= 11 is 0. The molecule has 1 fully saturated rings. The molecule has 48 heavy (non-hydrogen) atoms. The molecule has 1 aromatic heterocycles. The fraction of sp³-hybridized carbons (Fsp3) is 0.412. The van der Waals surface area contributed by atoms with Gasteiger partial charge in [-0.25, -0.2) is 23.6 Å². The highest BCUT2D eigenvalue weighted by atomic mass is 19.1. The van der Waals surface area contributed by atoms with Crippen LogP contribution in [-0.4, -0.2) is 83.3 Å². The predicted octanol–water partition coefficient (Wildman–Crippen LogP) is 4.66.